The molecule has 0 amide bonds. The third-order valence-corrected chi connectivity index (χ3v) is 4.05. The Morgan fingerprint density at radius 1 is 0.842 bits per heavy atom. The maximum atomic E-state index is 2.42. The van der Waals surface area contributed by atoms with Crippen LogP contribution in [0.4, 0.5) is 0 Å². The van der Waals surface area contributed by atoms with Gasteiger partial charge < -0.3 is 0 Å². The molecule has 0 bridgehead atoms. The van der Waals surface area contributed by atoms with Crippen LogP contribution >= 0.6 is 0 Å². The molecule has 0 radical (unpaired) electrons. The zero-order valence-corrected chi connectivity index (χ0v) is 11.3. The Labute approximate surface area is 115 Å². The van der Waals surface area contributed by atoms with Gasteiger partial charge in [-0.1, -0.05) is 72.3 Å². The Balaban J connectivity index is 1.74. The number of benzene rings is 2. The lowest BCUT2D eigenvalue weighted by Crippen LogP contribution is -2.09. The van der Waals surface area contributed by atoms with E-state index in [0.717, 1.165) is 6.42 Å². The maximum Gasteiger partial charge on any atom is 0.00514 e. The molecule has 0 saturated carbocycles. The van der Waals surface area contributed by atoms with Crippen molar-refractivity contribution in [2.24, 2.45) is 0 Å². The van der Waals surface area contributed by atoms with Gasteiger partial charge in [0.15, 0.2) is 0 Å². The summed E-state index contributed by atoms with van der Waals surface area (Å²) in [4.78, 5) is 0. The Morgan fingerprint density at radius 2 is 1.47 bits per heavy atom. The molecule has 0 N–H and O–H groups in total. The van der Waals surface area contributed by atoms with Gasteiger partial charge in [0, 0.05) is 5.92 Å². The van der Waals surface area contributed by atoms with Gasteiger partial charge in [-0.2, -0.15) is 0 Å². The van der Waals surface area contributed by atoms with Crippen LogP contribution in [-0.2, 0) is 6.42 Å². The molecule has 0 fully saturated rings. The Hall–Kier alpha value is -1.82. The van der Waals surface area contributed by atoms with Gasteiger partial charge in [-0.15, -0.1) is 0 Å². The van der Waals surface area contributed by atoms with E-state index in [2.05, 4.69) is 66.7 Å². The van der Waals surface area contributed by atoms with Gasteiger partial charge in [0.1, 0.15) is 0 Å². The predicted molar refractivity (Wildman–Crippen MR) is 81.3 cm³/mol. The van der Waals surface area contributed by atoms with Crippen molar-refractivity contribution in [3.8, 4) is 0 Å². The summed E-state index contributed by atoms with van der Waals surface area (Å²) in [6.45, 7) is 0. The molecule has 2 aromatic rings. The average molecular weight is 248 g/mol. The molecule has 19 heavy (non-hydrogen) atoms. The first kappa shape index (κ1) is 12.2. The van der Waals surface area contributed by atoms with Crippen LogP contribution in [0.2, 0.25) is 0 Å². The summed E-state index contributed by atoms with van der Waals surface area (Å²) in [5.41, 5.74) is 4.56. The van der Waals surface area contributed by atoms with E-state index in [-0.39, 0.29) is 0 Å². The van der Waals surface area contributed by atoms with Crippen LogP contribution < -0.4 is 0 Å². The SMILES string of the molecule is C1=C(C(CCc2ccccc2)c2ccccc2)CC1. The summed E-state index contributed by atoms with van der Waals surface area (Å²) in [7, 11) is 0. The molecule has 1 aliphatic carbocycles. The molecule has 0 aliphatic heterocycles. The van der Waals surface area contributed by atoms with Crippen molar-refractivity contribution in [3.63, 3.8) is 0 Å². The van der Waals surface area contributed by atoms with Crippen LogP contribution in [0.5, 0.6) is 0 Å². The monoisotopic (exact) mass is 248 g/mol. The quantitative estimate of drug-likeness (QED) is 0.644. The Kier molecular flexibility index (Phi) is 3.78. The lowest BCUT2D eigenvalue weighted by molar-refractivity contribution is 0.640. The number of rotatable bonds is 5. The Morgan fingerprint density at radius 3 is 2.05 bits per heavy atom. The fraction of sp³-hybridized carbons (Fsp3) is 0.263. The van der Waals surface area contributed by atoms with Crippen molar-refractivity contribution in [3.05, 3.63) is 83.4 Å². The smallest absolute Gasteiger partial charge is 0.00514 e. The normalized spacial score (nSPS) is 15.5. The molecule has 0 nitrogen and oxygen atoms in total. The van der Waals surface area contributed by atoms with Crippen molar-refractivity contribution in [2.45, 2.75) is 31.6 Å². The number of hydrogen-bond donors (Lipinski definition) is 0. The fourth-order valence-electron chi connectivity index (χ4n) is 2.83. The van der Waals surface area contributed by atoms with Gasteiger partial charge >= 0.3 is 0 Å². The van der Waals surface area contributed by atoms with Crippen molar-refractivity contribution >= 4 is 0 Å². The third-order valence-electron chi connectivity index (χ3n) is 4.05. The number of hydrogen-bond acceptors (Lipinski definition) is 0. The molecule has 1 unspecified atom stereocenters. The summed E-state index contributed by atoms with van der Waals surface area (Å²) in [5.74, 6) is 0.621. The largest absolute Gasteiger partial charge is 0.0844 e. The molecular formula is C19H20. The average Bonchev–Trinajstić information content (AvgIpc) is 2.43. The van der Waals surface area contributed by atoms with Crippen molar-refractivity contribution in [1.82, 2.24) is 0 Å². The van der Waals surface area contributed by atoms with Crippen LogP contribution in [0, 0.1) is 0 Å². The topological polar surface area (TPSA) is 0 Å². The molecule has 1 aliphatic rings. The van der Waals surface area contributed by atoms with Gasteiger partial charge in [0.2, 0.25) is 0 Å². The van der Waals surface area contributed by atoms with Crippen LogP contribution in [0.1, 0.15) is 36.3 Å². The zero-order valence-electron chi connectivity index (χ0n) is 11.3. The van der Waals surface area contributed by atoms with E-state index >= 15 is 0 Å². The molecule has 1 atom stereocenters. The second-order valence-electron chi connectivity index (χ2n) is 5.31. The van der Waals surface area contributed by atoms with Gasteiger partial charge in [-0.25, -0.2) is 0 Å². The Bertz CT molecular complexity index is 537. The van der Waals surface area contributed by atoms with Gasteiger partial charge in [-0.05, 0) is 36.8 Å². The predicted octanol–water partition coefficient (Wildman–Crippen LogP) is 5.12. The minimum atomic E-state index is 0.621. The van der Waals surface area contributed by atoms with Crippen molar-refractivity contribution < 1.29 is 0 Å². The van der Waals surface area contributed by atoms with E-state index in [1.165, 1.54) is 30.4 Å². The van der Waals surface area contributed by atoms with E-state index in [4.69, 9.17) is 0 Å². The minimum absolute atomic E-state index is 0.621. The lowest BCUT2D eigenvalue weighted by atomic mass is 9.79. The first-order valence-corrected chi connectivity index (χ1v) is 7.21. The molecule has 0 heterocycles. The highest BCUT2D eigenvalue weighted by atomic mass is 14.2. The molecule has 0 spiro atoms. The van der Waals surface area contributed by atoms with E-state index in [1.807, 2.05) is 0 Å². The molecule has 2 aromatic carbocycles. The molecule has 0 heteroatoms. The number of allylic oxidation sites excluding steroid dienone is 2. The van der Waals surface area contributed by atoms with Gasteiger partial charge in [0.25, 0.3) is 0 Å². The highest BCUT2D eigenvalue weighted by Crippen LogP contribution is 2.36. The maximum absolute atomic E-state index is 2.42. The molecular weight excluding hydrogens is 228 g/mol. The zero-order chi connectivity index (χ0) is 12.9. The first-order chi connectivity index (χ1) is 9.43. The summed E-state index contributed by atoms with van der Waals surface area (Å²) in [6.07, 6.45) is 7.36. The van der Waals surface area contributed by atoms with Crippen molar-refractivity contribution in [1.29, 1.82) is 0 Å². The van der Waals surface area contributed by atoms with Crippen molar-refractivity contribution in [2.75, 3.05) is 0 Å². The van der Waals surface area contributed by atoms with E-state index in [9.17, 15) is 0 Å². The van der Waals surface area contributed by atoms with E-state index in [1.54, 1.807) is 5.57 Å². The first-order valence-electron chi connectivity index (χ1n) is 7.21. The fourth-order valence-corrected chi connectivity index (χ4v) is 2.83. The lowest BCUT2D eigenvalue weighted by Gasteiger charge is -2.26. The second-order valence-corrected chi connectivity index (χ2v) is 5.31. The highest BCUT2D eigenvalue weighted by molar-refractivity contribution is 5.32. The molecule has 0 saturated heterocycles. The third kappa shape index (κ3) is 2.96. The summed E-state index contributed by atoms with van der Waals surface area (Å²) < 4.78 is 0. The summed E-state index contributed by atoms with van der Waals surface area (Å²) >= 11 is 0. The van der Waals surface area contributed by atoms with Gasteiger partial charge in [-0.3, -0.25) is 0 Å². The van der Waals surface area contributed by atoms with Crippen LogP contribution in [-0.4, -0.2) is 0 Å². The highest BCUT2D eigenvalue weighted by Gasteiger charge is 2.19. The summed E-state index contributed by atoms with van der Waals surface area (Å²) in [5, 5.41) is 0. The standard InChI is InChI=1S/C19H20/c1-3-8-16(9-4-1)14-15-19(18-12-7-13-18)17-10-5-2-6-11-17/h1-6,8-12,19H,7,13-15H2. The molecule has 96 valence electrons. The summed E-state index contributed by atoms with van der Waals surface area (Å²) in [6, 6.07) is 21.8. The van der Waals surface area contributed by atoms with E-state index in [0.29, 0.717) is 5.92 Å². The molecule has 3 rings (SSSR count). The minimum Gasteiger partial charge on any atom is -0.0844 e. The molecule has 0 aromatic heterocycles. The van der Waals surface area contributed by atoms with E-state index < -0.39 is 0 Å². The number of aryl methyl sites for hydroxylation is 1. The van der Waals surface area contributed by atoms with Gasteiger partial charge in [0.05, 0.1) is 0 Å². The van der Waals surface area contributed by atoms with Crippen LogP contribution in [0.15, 0.2) is 72.3 Å². The van der Waals surface area contributed by atoms with Crippen LogP contribution in [0.25, 0.3) is 0 Å². The van der Waals surface area contributed by atoms with Crippen LogP contribution in [0.3, 0.4) is 0 Å². The second kappa shape index (κ2) is 5.88.